The second-order valence-electron chi connectivity index (χ2n) is 16.1. The molecule has 2 unspecified atom stereocenters. The number of fused-ring (bicyclic) bond motifs is 2. The van der Waals surface area contributed by atoms with E-state index in [0.29, 0.717) is 18.4 Å². The van der Waals surface area contributed by atoms with Crippen LogP contribution in [-0.2, 0) is 23.9 Å². The predicted octanol–water partition coefficient (Wildman–Crippen LogP) is 2.82. The van der Waals surface area contributed by atoms with Crippen LogP contribution in [-0.4, -0.2) is 67.7 Å². The number of aliphatic carboxylic acids is 1. The molecule has 0 bridgehead atoms. The van der Waals surface area contributed by atoms with E-state index in [-0.39, 0.29) is 59.4 Å². The number of esters is 1. The minimum absolute atomic E-state index is 0. The van der Waals surface area contributed by atoms with E-state index >= 15 is 0 Å². The molecule has 282 valence electrons. The van der Waals surface area contributed by atoms with Crippen LogP contribution in [0.25, 0.3) is 11.1 Å². The third-order valence-corrected chi connectivity index (χ3v) is 11.5. The van der Waals surface area contributed by atoms with Gasteiger partial charge in [0.25, 0.3) is 11.8 Å². The van der Waals surface area contributed by atoms with Gasteiger partial charge in [-0.2, -0.15) is 0 Å². The topological polar surface area (TPSA) is 133 Å². The molecule has 0 spiro atoms. The van der Waals surface area contributed by atoms with Crippen LogP contribution in [0, 0.1) is 10.8 Å². The summed E-state index contributed by atoms with van der Waals surface area (Å²) in [6, 6.07) is 28.9. The van der Waals surface area contributed by atoms with Gasteiger partial charge in [0, 0.05) is 23.5 Å². The first kappa shape index (κ1) is 40.8. The number of β-lactam (4-membered cyclic amide) rings is 2. The Morgan fingerprint density at radius 1 is 0.661 bits per heavy atom. The maximum absolute atomic E-state index is 13.7. The first-order valence-corrected chi connectivity index (χ1v) is 18.6. The van der Waals surface area contributed by atoms with E-state index in [1.807, 2.05) is 139 Å². The van der Waals surface area contributed by atoms with Crippen molar-refractivity contribution in [2.45, 2.75) is 84.7 Å². The summed E-state index contributed by atoms with van der Waals surface area (Å²) in [5.74, 6) is -1.85. The maximum Gasteiger partial charge on any atom is 1.00 e. The number of allylic oxidation sites excluding steroid dienone is 2. The van der Waals surface area contributed by atoms with Crippen molar-refractivity contribution in [3.05, 3.63) is 143 Å². The molecule has 10 nitrogen and oxygen atoms in total. The SMILES string of the molecule is C/C(=C1\C(=O)N2C1CC(C)(C)[C@@H]2C(=O)OC(c1ccccc1)c1ccccc1)c1ccccn1.C/C(=C1\C(=O)N2C1CC(C)(C)[C@@H]2C(=O)[O-])c1ccccn1.[Na+]. The van der Waals surface area contributed by atoms with Gasteiger partial charge in [0.2, 0.25) is 0 Å². The number of carboxylic acid groups (broad SMARTS) is 1. The van der Waals surface area contributed by atoms with Crippen LogP contribution in [0.15, 0.2) is 121 Å². The van der Waals surface area contributed by atoms with Crippen LogP contribution in [0.2, 0.25) is 0 Å². The zero-order chi connectivity index (χ0) is 39.2. The minimum atomic E-state index is -1.18. The summed E-state index contributed by atoms with van der Waals surface area (Å²) in [6.45, 7) is 11.6. The van der Waals surface area contributed by atoms with Crippen molar-refractivity contribution in [3.63, 3.8) is 0 Å². The number of nitrogens with zero attached hydrogens (tertiary/aromatic N) is 4. The second kappa shape index (κ2) is 15.9. The molecule has 4 saturated heterocycles. The second-order valence-corrected chi connectivity index (χ2v) is 16.1. The van der Waals surface area contributed by atoms with E-state index in [9.17, 15) is 24.3 Å². The summed E-state index contributed by atoms with van der Waals surface area (Å²) in [7, 11) is 0. The summed E-state index contributed by atoms with van der Waals surface area (Å²) >= 11 is 0. The van der Waals surface area contributed by atoms with Crippen LogP contribution >= 0.6 is 0 Å². The van der Waals surface area contributed by atoms with E-state index in [4.69, 9.17) is 4.74 Å². The van der Waals surface area contributed by atoms with Gasteiger partial charge in [0.05, 0.1) is 35.5 Å². The maximum atomic E-state index is 13.7. The van der Waals surface area contributed by atoms with Gasteiger partial charge in [0.15, 0.2) is 6.10 Å². The Morgan fingerprint density at radius 2 is 1.05 bits per heavy atom. The first-order chi connectivity index (χ1) is 26.2. The molecule has 4 aromatic rings. The monoisotopic (exact) mass is 760 g/mol. The standard InChI is InChI=1S/C29H28N2O3.C16H18N2O3.Na/c1-19(22-16-10-11-17-30-22)24-23-18-29(2,3)26(31(23)27(24)32)28(33)34-25(20-12-6-4-7-13-20)21-14-8-5-9-15-21;1-9(10-6-4-5-7-17-10)12-11-8-16(2,3)13(15(20)21)18(11)14(12)19;/h4-17,23,25-26H,18H2,1-3H3;4-7,11,13H,8H2,1-3H3,(H,20,21);/q;;+1/p-1/b24-19+;12-9+;/t23?,26-;11?,13-;/m00./s1. The molecule has 2 aromatic carbocycles. The summed E-state index contributed by atoms with van der Waals surface area (Å²) in [5.41, 5.74) is 5.60. The zero-order valence-electron chi connectivity index (χ0n) is 32.9. The van der Waals surface area contributed by atoms with Crippen molar-refractivity contribution in [1.29, 1.82) is 0 Å². The molecule has 4 aliphatic rings. The average Bonchev–Trinajstić information content (AvgIpc) is 3.58. The Kier molecular flexibility index (Phi) is 11.6. The van der Waals surface area contributed by atoms with Gasteiger partial charge in [-0.3, -0.25) is 19.6 Å². The molecule has 11 heteroatoms. The fourth-order valence-corrected chi connectivity index (χ4v) is 8.86. The fraction of sp³-hybridized carbons (Fsp3) is 0.333. The van der Waals surface area contributed by atoms with Crippen molar-refractivity contribution >= 4 is 34.9 Å². The van der Waals surface area contributed by atoms with Gasteiger partial charge in [0.1, 0.15) is 6.04 Å². The molecule has 2 amide bonds. The number of benzene rings is 2. The van der Waals surface area contributed by atoms with E-state index in [2.05, 4.69) is 9.97 Å². The molecule has 4 fully saturated rings. The normalized spacial score (nSPS) is 24.3. The van der Waals surface area contributed by atoms with Crippen LogP contribution in [0.5, 0.6) is 0 Å². The number of carbonyl (C=O) groups excluding carboxylic acids is 4. The molecule has 4 aliphatic heterocycles. The van der Waals surface area contributed by atoms with Gasteiger partial charge in [-0.15, -0.1) is 0 Å². The van der Waals surface area contributed by atoms with Crippen molar-refractivity contribution in [2.24, 2.45) is 10.8 Å². The summed E-state index contributed by atoms with van der Waals surface area (Å²) in [4.78, 5) is 62.6. The molecule has 56 heavy (non-hydrogen) atoms. The van der Waals surface area contributed by atoms with Crippen LogP contribution in [0.4, 0.5) is 0 Å². The van der Waals surface area contributed by atoms with Gasteiger partial charge < -0.3 is 24.4 Å². The Balaban J connectivity index is 0.000000208. The third-order valence-electron chi connectivity index (χ3n) is 11.5. The van der Waals surface area contributed by atoms with E-state index in [1.165, 1.54) is 4.90 Å². The van der Waals surface area contributed by atoms with Crippen LogP contribution in [0.1, 0.15) is 83.0 Å². The van der Waals surface area contributed by atoms with E-state index in [1.54, 1.807) is 17.3 Å². The third kappa shape index (κ3) is 7.26. The van der Waals surface area contributed by atoms with Gasteiger partial charge in [-0.25, -0.2) is 4.79 Å². The van der Waals surface area contributed by atoms with E-state index < -0.39 is 35.0 Å². The summed E-state index contributed by atoms with van der Waals surface area (Å²) in [6.07, 6.45) is 4.22. The van der Waals surface area contributed by atoms with Gasteiger partial charge >= 0.3 is 35.5 Å². The molecule has 8 rings (SSSR count). The average molecular weight is 761 g/mol. The molecular formula is C45H45N4NaO6. The molecule has 0 aliphatic carbocycles. The Hall–Kier alpha value is -4.90. The summed E-state index contributed by atoms with van der Waals surface area (Å²) < 4.78 is 6.16. The predicted molar refractivity (Wildman–Crippen MR) is 205 cm³/mol. The van der Waals surface area contributed by atoms with Gasteiger partial charge in [-0.1, -0.05) is 100 Å². The van der Waals surface area contributed by atoms with E-state index in [0.717, 1.165) is 39.2 Å². The van der Waals surface area contributed by atoms with Crippen molar-refractivity contribution in [2.75, 3.05) is 0 Å². The number of rotatable bonds is 7. The first-order valence-electron chi connectivity index (χ1n) is 18.6. The number of hydrogen-bond donors (Lipinski definition) is 0. The molecular weight excluding hydrogens is 716 g/mol. The quantitative estimate of drug-likeness (QED) is 0.122. The smallest absolute Gasteiger partial charge is 0.548 e. The Bertz CT molecular complexity index is 2150. The van der Waals surface area contributed by atoms with Gasteiger partial charge in [-0.05, 0) is 84.1 Å². The van der Waals surface area contributed by atoms with Crippen molar-refractivity contribution in [1.82, 2.24) is 19.8 Å². The molecule has 4 atom stereocenters. The fourth-order valence-electron chi connectivity index (χ4n) is 8.86. The number of amides is 2. The number of aromatic nitrogens is 2. The molecule has 6 heterocycles. The van der Waals surface area contributed by atoms with Crippen molar-refractivity contribution < 1.29 is 58.6 Å². The zero-order valence-corrected chi connectivity index (χ0v) is 34.9. The van der Waals surface area contributed by atoms with Crippen LogP contribution < -0.4 is 34.7 Å². The minimum Gasteiger partial charge on any atom is -0.548 e. The molecule has 0 saturated carbocycles. The Morgan fingerprint density at radius 3 is 1.45 bits per heavy atom. The number of pyridine rings is 2. The summed E-state index contributed by atoms with van der Waals surface area (Å²) in [5, 5.41) is 11.4. The van der Waals surface area contributed by atoms with Crippen molar-refractivity contribution in [3.8, 4) is 0 Å². The molecule has 0 N–H and O–H groups in total. The molecule has 2 aromatic heterocycles. The number of carboxylic acids is 1. The number of hydrogen-bond acceptors (Lipinski definition) is 8. The largest absolute Gasteiger partial charge is 1.00 e. The Labute approximate surface area is 350 Å². The molecule has 0 radical (unpaired) electrons. The number of carbonyl (C=O) groups is 4. The number of ether oxygens (including phenoxy) is 1. The van der Waals surface area contributed by atoms with Crippen LogP contribution in [0.3, 0.4) is 0 Å².